The van der Waals surface area contributed by atoms with Gasteiger partial charge in [-0.25, -0.2) is 0 Å². The fourth-order valence-electron chi connectivity index (χ4n) is 2.70. The van der Waals surface area contributed by atoms with Crippen LogP contribution in [0.4, 0.5) is 0 Å². The lowest BCUT2D eigenvalue weighted by Crippen LogP contribution is -1.95. The Morgan fingerprint density at radius 2 is 1.40 bits per heavy atom. The Labute approximate surface area is 134 Å². The molecule has 0 N–H and O–H groups in total. The molecule has 1 heteroatoms. The second-order valence-corrected chi connectivity index (χ2v) is 6.42. The van der Waals surface area contributed by atoms with Crippen LogP contribution in [0.25, 0.3) is 0 Å². The van der Waals surface area contributed by atoms with Gasteiger partial charge in [0.1, 0.15) is 0 Å². The van der Waals surface area contributed by atoms with Crippen LogP contribution in [0.15, 0.2) is 18.2 Å². The number of halogens is 1. The first-order valence-electron chi connectivity index (χ1n) is 8.48. The number of rotatable bonds is 11. The molecule has 0 aliphatic rings. The Hall–Kier alpha value is -0.300. The molecule has 0 spiro atoms. The Morgan fingerprint density at radius 1 is 0.750 bits per heavy atom. The Kier molecular flexibility index (Phi) is 10.1. The van der Waals surface area contributed by atoms with Crippen LogP contribution in [0.2, 0.25) is 0 Å². The second kappa shape index (κ2) is 11.4. The summed E-state index contributed by atoms with van der Waals surface area (Å²) in [5.41, 5.74) is 4.58. The van der Waals surface area contributed by atoms with Crippen LogP contribution in [-0.4, -0.2) is 0 Å². The maximum Gasteiger partial charge on any atom is 0.0285 e. The zero-order chi connectivity index (χ0) is 14.6. The van der Waals surface area contributed by atoms with E-state index in [1.165, 1.54) is 75.3 Å². The van der Waals surface area contributed by atoms with Gasteiger partial charge in [-0.15, -0.1) is 0 Å². The number of aryl methyl sites for hydroxylation is 2. The van der Waals surface area contributed by atoms with Crippen LogP contribution in [0.1, 0.15) is 81.9 Å². The number of hydrogen-bond acceptors (Lipinski definition) is 0. The van der Waals surface area contributed by atoms with Crippen molar-refractivity contribution in [3.8, 4) is 0 Å². The molecule has 0 amide bonds. The van der Waals surface area contributed by atoms with Crippen molar-refractivity contribution in [1.82, 2.24) is 0 Å². The third-order valence-corrected chi connectivity index (χ3v) is 4.64. The number of unbranched alkanes of at least 4 members (excludes halogenated alkanes) is 6. The van der Waals surface area contributed by atoms with Crippen LogP contribution in [0, 0.1) is 0 Å². The third-order valence-electron chi connectivity index (χ3n) is 4.03. The largest absolute Gasteiger partial charge is 0.0876 e. The molecule has 1 rings (SSSR count). The van der Waals surface area contributed by atoms with Gasteiger partial charge < -0.3 is 0 Å². The summed E-state index contributed by atoms with van der Waals surface area (Å²) in [5.74, 6) is 0. The topological polar surface area (TPSA) is 0 Å². The first kappa shape index (κ1) is 17.8. The zero-order valence-corrected chi connectivity index (χ0v) is 15.0. The van der Waals surface area contributed by atoms with Gasteiger partial charge in [0, 0.05) is 5.33 Å². The lowest BCUT2D eigenvalue weighted by atomic mass is 9.97. The first-order valence-corrected chi connectivity index (χ1v) is 9.60. The van der Waals surface area contributed by atoms with Crippen LogP contribution >= 0.6 is 15.9 Å². The van der Waals surface area contributed by atoms with E-state index in [2.05, 4.69) is 48.0 Å². The minimum Gasteiger partial charge on any atom is -0.0876 e. The standard InChI is InChI=1S/C19H31Br/c1-3-5-7-9-11-17-13-14-18(19(15-17)16-20)12-10-8-6-4-2/h13-15H,3-12,16H2,1-2H3. The first-order chi connectivity index (χ1) is 9.81. The Morgan fingerprint density at radius 3 is 2.00 bits per heavy atom. The second-order valence-electron chi connectivity index (χ2n) is 5.86. The summed E-state index contributed by atoms with van der Waals surface area (Å²) in [6, 6.07) is 7.15. The van der Waals surface area contributed by atoms with Crippen molar-refractivity contribution < 1.29 is 0 Å². The quantitative estimate of drug-likeness (QED) is 0.306. The predicted molar refractivity (Wildman–Crippen MR) is 94.8 cm³/mol. The number of alkyl halides is 1. The average Bonchev–Trinajstić information content (AvgIpc) is 2.49. The minimum atomic E-state index is 0.999. The molecule has 0 fully saturated rings. The SMILES string of the molecule is CCCCCCc1ccc(CCCCCC)c(CBr)c1. The summed E-state index contributed by atoms with van der Waals surface area (Å²) < 4.78 is 0. The molecule has 0 unspecified atom stereocenters. The zero-order valence-electron chi connectivity index (χ0n) is 13.4. The molecule has 1 aromatic rings. The molecule has 20 heavy (non-hydrogen) atoms. The van der Waals surface area contributed by atoms with E-state index in [1.54, 1.807) is 5.56 Å². The van der Waals surface area contributed by atoms with Crippen molar-refractivity contribution in [2.45, 2.75) is 83.4 Å². The monoisotopic (exact) mass is 338 g/mol. The fourth-order valence-corrected chi connectivity index (χ4v) is 3.22. The van der Waals surface area contributed by atoms with E-state index in [4.69, 9.17) is 0 Å². The molecule has 114 valence electrons. The molecule has 0 atom stereocenters. The van der Waals surface area contributed by atoms with Gasteiger partial charge in [0.15, 0.2) is 0 Å². The van der Waals surface area contributed by atoms with Crippen LogP contribution < -0.4 is 0 Å². The van der Waals surface area contributed by atoms with Gasteiger partial charge in [0.25, 0.3) is 0 Å². The van der Waals surface area contributed by atoms with Crippen molar-refractivity contribution in [2.24, 2.45) is 0 Å². The van der Waals surface area contributed by atoms with Gasteiger partial charge >= 0.3 is 0 Å². The van der Waals surface area contributed by atoms with E-state index < -0.39 is 0 Å². The maximum absolute atomic E-state index is 3.66. The van der Waals surface area contributed by atoms with E-state index in [0.29, 0.717) is 0 Å². The fraction of sp³-hybridized carbons (Fsp3) is 0.684. The van der Waals surface area contributed by atoms with E-state index in [-0.39, 0.29) is 0 Å². The summed E-state index contributed by atoms with van der Waals surface area (Å²) in [7, 11) is 0. The average molecular weight is 339 g/mol. The normalized spacial score (nSPS) is 10.9. The molecule has 1 aromatic carbocycles. The highest BCUT2D eigenvalue weighted by atomic mass is 79.9. The van der Waals surface area contributed by atoms with Gasteiger partial charge in [-0.2, -0.15) is 0 Å². The molecule has 0 aliphatic carbocycles. The lowest BCUT2D eigenvalue weighted by molar-refractivity contribution is 0.662. The Bertz CT molecular complexity index is 357. The third kappa shape index (κ3) is 6.92. The summed E-state index contributed by atoms with van der Waals surface area (Å²) in [6.45, 7) is 4.55. The molecular formula is C19H31Br. The molecule has 0 bridgehead atoms. The van der Waals surface area contributed by atoms with Crippen molar-refractivity contribution >= 4 is 15.9 Å². The van der Waals surface area contributed by atoms with E-state index in [9.17, 15) is 0 Å². The van der Waals surface area contributed by atoms with Gasteiger partial charge in [-0.05, 0) is 42.4 Å². The van der Waals surface area contributed by atoms with Crippen LogP contribution in [0.3, 0.4) is 0 Å². The van der Waals surface area contributed by atoms with Crippen molar-refractivity contribution in [3.05, 3.63) is 34.9 Å². The van der Waals surface area contributed by atoms with E-state index in [1.807, 2.05) is 0 Å². The van der Waals surface area contributed by atoms with E-state index >= 15 is 0 Å². The van der Waals surface area contributed by atoms with Crippen LogP contribution in [-0.2, 0) is 18.2 Å². The van der Waals surface area contributed by atoms with Gasteiger partial charge in [-0.1, -0.05) is 86.5 Å². The highest BCUT2D eigenvalue weighted by Gasteiger charge is 2.03. The molecule has 0 nitrogen and oxygen atoms in total. The van der Waals surface area contributed by atoms with Crippen molar-refractivity contribution in [3.63, 3.8) is 0 Å². The van der Waals surface area contributed by atoms with Gasteiger partial charge in [-0.3, -0.25) is 0 Å². The van der Waals surface area contributed by atoms with E-state index in [0.717, 1.165) is 5.33 Å². The molecule has 0 aliphatic heterocycles. The predicted octanol–water partition coefficient (Wildman–Crippen LogP) is 6.83. The number of hydrogen-bond donors (Lipinski definition) is 0. The summed E-state index contributed by atoms with van der Waals surface area (Å²) in [5, 5.41) is 0.999. The Balaban J connectivity index is 2.47. The molecular weight excluding hydrogens is 308 g/mol. The van der Waals surface area contributed by atoms with Gasteiger partial charge in [0.05, 0.1) is 0 Å². The molecule has 0 saturated heterocycles. The highest BCUT2D eigenvalue weighted by Crippen LogP contribution is 2.19. The lowest BCUT2D eigenvalue weighted by Gasteiger charge is -2.10. The smallest absolute Gasteiger partial charge is 0.0285 e. The summed E-state index contributed by atoms with van der Waals surface area (Å²) in [6.07, 6.45) is 13.3. The summed E-state index contributed by atoms with van der Waals surface area (Å²) in [4.78, 5) is 0. The number of benzene rings is 1. The minimum absolute atomic E-state index is 0.999. The van der Waals surface area contributed by atoms with Crippen molar-refractivity contribution in [1.29, 1.82) is 0 Å². The highest BCUT2D eigenvalue weighted by molar-refractivity contribution is 9.08. The van der Waals surface area contributed by atoms with Crippen molar-refractivity contribution in [2.75, 3.05) is 0 Å². The molecule has 0 aromatic heterocycles. The molecule has 0 radical (unpaired) electrons. The molecule has 0 saturated carbocycles. The maximum atomic E-state index is 3.66. The summed E-state index contributed by atoms with van der Waals surface area (Å²) >= 11 is 3.66. The molecule has 0 heterocycles. The van der Waals surface area contributed by atoms with Gasteiger partial charge in [0.2, 0.25) is 0 Å². The van der Waals surface area contributed by atoms with Crippen LogP contribution in [0.5, 0.6) is 0 Å².